The summed E-state index contributed by atoms with van der Waals surface area (Å²) in [6.45, 7) is 4.30. The van der Waals surface area contributed by atoms with Crippen LogP contribution in [0.25, 0.3) is 0 Å². The molecule has 0 spiro atoms. The van der Waals surface area contributed by atoms with Crippen molar-refractivity contribution in [1.82, 2.24) is 13.9 Å². The van der Waals surface area contributed by atoms with Gasteiger partial charge in [0.05, 0.1) is 13.2 Å². The van der Waals surface area contributed by atoms with Crippen LogP contribution >= 0.6 is 0 Å². The number of hydrogen-bond donors (Lipinski definition) is 1. The number of ether oxygens (including phenoxy) is 1. The van der Waals surface area contributed by atoms with E-state index in [1.54, 1.807) is 8.61 Å². The Kier molecular flexibility index (Phi) is 4.62. The molecule has 20 heavy (non-hydrogen) atoms. The Hall–Kier alpha value is -0.210. The lowest BCUT2D eigenvalue weighted by Gasteiger charge is -2.36. The normalized spacial score (nSPS) is 30.5. The number of rotatable bonds is 5. The molecule has 3 rings (SSSR count). The molecule has 1 unspecified atom stereocenters. The van der Waals surface area contributed by atoms with Crippen LogP contribution in [0.4, 0.5) is 0 Å². The Balaban J connectivity index is 1.56. The molecule has 116 valence electrons. The van der Waals surface area contributed by atoms with E-state index in [-0.39, 0.29) is 0 Å². The maximum atomic E-state index is 12.6. The van der Waals surface area contributed by atoms with Gasteiger partial charge in [0, 0.05) is 32.2 Å². The Morgan fingerprint density at radius 3 is 2.50 bits per heavy atom. The van der Waals surface area contributed by atoms with Crippen molar-refractivity contribution in [1.29, 1.82) is 0 Å². The van der Waals surface area contributed by atoms with E-state index < -0.39 is 10.2 Å². The summed E-state index contributed by atoms with van der Waals surface area (Å²) in [5, 5.41) is 3.52. The van der Waals surface area contributed by atoms with Crippen molar-refractivity contribution in [2.75, 3.05) is 45.9 Å². The first-order valence-electron chi connectivity index (χ1n) is 7.72. The summed E-state index contributed by atoms with van der Waals surface area (Å²) < 4.78 is 33.7. The molecule has 7 heteroatoms. The standard InChI is InChI=1S/C13H25N3O3S/c17-20(18,15-6-8-19-9-7-15)16-5-1-2-12(11-16)10-14-13-3-4-13/h12-14H,1-11H2. The first-order chi connectivity index (χ1) is 9.66. The fraction of sp³-hybridized carbons (Fsp3) is 1.00. The second-order valence-electron chi connectivity index (χ2n) is 6.07. The number of morpholine rings is 1. The van der Waals surface area contributed by atoms with Crippen molar-refractivity contribution in [2.24, 2.45) is 5.92 Å². The third kappa shape index (κ3) is 3.51. The van der Waals surface area contributed by atoms with Crippen molar-refractivity contribution in [3.05, 3.63) is 0 Å². The molecule has 1 saturated carbocycles. The molecule has 0 radical (unpaired) electrons. The second-order valence-corrected chi connectivity index (χ2v) is 8.00. The third-order valence-corrected chi connectivity index (χ3v) is 6.38. The first kappa shape index (κ1) is 14.7. The smallest absolute Gasteiger partial charge is 0.282 e. The van der Waals surface area contributed by atoms with Gasteiger partial charge in [-0.05, 0) is 38.1 Å². The van der Waals surface area contributed by atoms with Crippen LogP contribution in [0.1, 0.15) is 25.7 Å². The lowest BCUT2D eigenvalue weighted by Crippen LogP contribution is -2.52. The van der Waals surface area contributed by atoms with Gasteiger partial charge in [-0.2, -0.15) is 17.0 Å². The molecule has 1 aliphatic carbocycles. The fourth-order valence-corrected chi connectivity index (χ4v) is 4.66. The van der Waals surface area contributed by atoms with Crippen LogP contribution in [0.15, 0.2) is 0 Å². The van der Waals surface area contributed by atoms with E-state index in [1.807, 2.05) is 0 Å². The number of hydrogen-bond acceptors (Lipinski definition) is 4. The SMILES string of the molecule is O=S(=O)(N1CCOCC1)N1CCCC(CNC2CC2)C1. The van der Waals surface area contributed by atoms with Gasteiger partial charge in [-0.1, -0.05) is 0 Å². The minimum absolute atomic E-state index is 0.458. The van der Waals surface area contributed by atoms with Crippen molar-refractivity contribution in [3.8, 4) is 0 Å². The molecule has 0 aromatic carbocycles. The van der Waals surface area contributed by atoms with Crippen molar-refractivity contribution >= 4 is 10.2 Å². The van der Waals surface area contributed by atoms with Gasteiger partial charge >= 0.3 is 0 Å². The Morgan fingerprint density at radius 2 is 1.80 bits per heavy atom. The monoisotopic (exact) mass is 303 g/mol. The predicted molar refractivity (Wildman–Crippen MR) is 76.6 cm³/mol. The average Bonchev–Trinajstić information content (AvgIpc) is 3.31. The van der Waals surface area contributed by atoms with E-state index in [0.29, 0.717) is 51.4 Å². The van der Waals surface area contributed by atoms with Gasteiger partial charge in [0.25, 0.3) is 10.2 Å². The molecule has 2 saturated heterocycles. The Bertz CT molecular complexity index is 419. The number of nitrogens with zero attached hydrogens (tertiary/aromatic N) is 2. The zero-order valence-electron chi connectivity index (χ0n) is 12.0. The highest BCUT2D eigenvalue weighted by Gasteiger charge is 2.34. The summed E-state index contributed by atoms with van der Waals surface area (Å²) in [6, 6.07) is 0.696. The molecule has 6 nitrogen and oxygen atoms in total. The summed E-state index contributed by atoms with van der Waals surface area (Å²) in [5.74, 6) is 0.458. The molecule has 0 amide bonds. The molecular formula is C13H25N3O3S. The fourth-order valence-electron chi connectivity index (χ4n) is 2.96. The zero-order valence-corrected chi connectivity index (χ0v) is 12.8. The topological polar surface area (TPSA) is 61.9 Å². The molecule has 0 aromatic heterocycles. The van der Waals surface area contributed by atoms with Gasteiger partial charge in [0.15, 0.2) is 0 Å². The Morgan fingerprint density at radius 1 is 1.05 bits per heavy atom. The summed E-state index contributed by atoms with van der Waals surface area (Å²) in [7, 11) is -3.28. The van der Waals surface area contributed by atoms with Gasteiger partial charge < -0.3 is 10.1 Å². The average molecular weight is 303 g/mol. The molecule has 1 N–H and O–H groups in total. The molecule has 0 bridgehead atoms. The minimum Gasteiger partial charge on any atom is -0.379 e. The van der Waals surface area contributed by atoms with Crippen LogP contribution in [0.5, 0.6) is 0 Å². The highest BCUT2D eigenvalue weighted by molar-refractivity contribution is 7.86. The van der Waals surface area contributed by atoms with Crippen LogP contribution in [0.2, 0.25) is 0 Å². The highest BCUT2D eigenvalue weighted by atomic mass is 32.2. The van der Waals surface area contributed by atoms with Gasteiger partial charge in [0.2, 0.25) is 0 Å². The largest absolute Gasteiger partial charge is 0.379 e. The summed E-state index contributed by atoms with van der Waals surface area (Å²) in [6.07, 6.45) is 4.67. The molecule has 2 aliphatic heterocycles. The van der Waals surface area contributed by atoms with E-state index in [4.69, 9.17) is 4.74 Å². The summed E-state index contributed by atoms with van der Waals surface area (Å²) in [5.41, 5.74) is 0. The third-order valence-electron chi connectivity index (χ3n) is 4.38. The quantitative estimate of drug-likeness (QED) is 0.778. The van der Waals surface area contributed by atoms with Crippen LogP contribution in [0, 0.1) is 5.92 Å². The van der Waals surface area contributed by atoms with Gasteiger partial charge in [-0.25, -0.2) is 0 Å². The van der Waals surface area contributed by atoms with Crippen molar-refractivity contribution in [2.45, 2.75) is 31.7 Å². The van der Waals surface area contributed by atoms with E-state index in [1.165, 1.54) is 12.8 Å². The van der Waals surface area contributed by atoms with E-state index >= 15 is 0 Å². The molecule has 2 heterocycles. The summed E-state index contributed by atoms with van der Waals surface area (Å²) >= 11 is 0. The molecule has 3 aliphatic rings. The maximum Gasteiger partial charge on any atom is 0.282 e. The molecule has 0 aromatic rings. The maximum absolute atomic E-state index is 12.6. The van der Waals surface area contributed by atoms with E-state index in [9.17, 15) is 8.42 Å². The number of nitrogens with one attached hydrogen (secondary N) is 1. The first-order valence-corrected chi connectivity index (χ1v) is 9.12. The minimum atomic E-state index is -3.28. The van der Waals surface area contributed by atoms with Gasteiger partial charge in [0.1, 0.15) is 0 Å². The number of piperidine rings is 1. The van der Waals surface area contributed by atoms with E-state index in [0.717, 1.165) is 19.4 Å². The van der Waals surface area contributed by atoms with Crippen molar-refractivity contribution < 1.29 is 13.2 Å². The zero-order chi connectivity index (χ0) is 14.0. The second kappa shape index (κ2) is 6.27. The van der Waals surface area contributed by atoms with Crippen LogP contribution in [-0.2, 0) is 14.9 Å². The van der Waals surface area contributed by atoms with Crippen LogP contribution in [-0.4, -0.2) is 69.0 Å². The highest BCUT2D eigenvalue weighted by Crippen LogP contribution is 2.23. The van der Waals surface area contributed by atoms with Gasteiger partial charge in [-0.3, -0.25) is 0 Å². The Labute approximate surface area is 121 Å². The van der Waals surface area contributed by atoms with Crippen LogP contribution in [0.3, 0.4) is 0 Å². The molecule has 3 fully saturated rings. The van der Waals surface area contributed by atoms with E-state index in [2.05, 4.69) is 5.32 Å². The molecule has 1 atom stereocenters. The van der Waals surface area contributed by atoms with Gasteiger partial charge in [-0.15, -0.1) is 0 Å². The van der Waals surface area contributed by atoms with Crippen molar-refractivity contribution in [3.63, 3.8) is 0 Å². The summed E-state index contributed by atoms with van der Waals surface area (Å²) in [4.78, 5) is 0. The predicted octanol–water partition coefficient (Wildman–Crippen LogP) is 0.0274. The van der Waals surface area contributed by atoms with Crippen LogP contribution < -0.4 is 5.32 Å². The molecular weight excluding hydrogens is 278 g/mol. The lowest BCUT2D eigenvalue weighted by atomic mass is 10.00. The lowest BCUT2D eigenvalue weighted by molar-refractivity contribution is 0.0691.